The van der Waals surface area contributed by atoms with Gasteiger partial charge in [0.25, 0.3) is 0 Å². The molecule has 0 spiro atoms. The van der Waals surface area contributed by atoms with Crippen LogP contribution in [0.2, 0.25) is 0 Å². The van der Waals surface area contributed by atoms with Gasteiger partial charge in [-0.25, -0.2) is 0 Å². The van der Waals surface area contributed by atoms with E-state index in [4.69, 9.17) is 0 Å². The fourth-order valence-corrected chi connectivity index (χ4v) is 2.76. The molecule has 1 aromatic carbocycles. The average Bonchev–Trinajstić information content (AvgIpc) is 2.73. The first-order valence-corrected chi connectivity index (χ1v) is 8.96. The molecule has 0 aliphatic carbocycles. The minimum atomic E-state index is 1.00. The monoisotopic (exact) mass is 676 g/mol. The molecule has 0 N–H and O–H groups in total. The van der Waals surface area contributed by atoms with Gasteiger partial charge in [-0.05, 0) is 12.5 Å². The van der Waals surface area contributed by atoms with E-state index in [-0.39, 0.29) is 0 Å². The van der Waals surface area contributed by atoms with E-state index < -0.39 is 0 Å². The zero-order valence-corrected chi connectivity index (χ0v) is 18.0. The number of hydrogen-bond acceptors (Lipinski definition) is 1. The molecule has 2 rings (SSSR count). The minimum absolute atomic E-state index is 1.00. The predicted octanol–water partition coefficient (Wildman–Crippen LogP) is 4.50. The molecular formula is C14H17I2N3Pt. The van der Waals surface area contributed by atoms with Crippen LogP contribution in [-0.4, -0.2) is 10.5 Å². The van der Waals surface area contributed by atoms with Gasteiger partial charge in [-0.15, -0.1) is 0 Å². The Kier molecular flexibility index (Phi) is 8.55. The van der Waals surface area contributed by atoms with Gasteiger partial charge < -0.3 is 0 Å². The summed E-state index contributed by atoms with van der Waals surface area (Å²) in [4.78, 5) is 0. The second-order valence-corrected chi connectivity index (χ2v) is 9.38. The topological polar surface area (TPSA) is 13.1 Å². The Morgan fingerprint density at radius 1 is 1.25 bits per heavy atom. The van der Waals surface area contributed by atoms with Crippen LogP contribution in [0.5, 0.6) is 0 Å². The normalized spacial score (nSPS) is 10.2. The van der Waals surface area contributed by atoms with Crippen molar-refractivity contribution < 1.29 is 19.4 Å². The van der Waals surface area contributed by atoms with Gasteiger partial charge in [-0.2, -0.15) is 1.33 Å². The number of imidazole rings is 1. The SMILES string of the molecule is C=Cn1ccn(C)[c]1=[Pt].Cc1ccc(CN(I)I)cc1. The molecule has 0 aliphatic heterocycles. The molecule has 0 bridgehead atoms. The Morgan fingerprint density at radius 2 is 1.85 bits per heavy atom. The molecule has 112 valence electrons. The summed E-state index contributed by atoms with van der Waals surface area (Å²) in [5.74, 6) is 0. The fourth-order valence-electron chi connectivity index (χ4n) is 1.43. The van der Waals surface area contributed by atoms with E-state index >= 15 is 0 Å². The van der Waals surface area contributed by atoms with Gasteiger partial charge in [-0.1, -0.05) is 29.8 Å². The molecule has 1 heterocycles. The summed E-state index contributed by atoms with van der Waals surface area (Å²) in [5.41, 5.74) is 2.68. The first-order valence-electron chi connectivity index (χ1n) is 5.90. The van der Waals surface area contributed by atoms with Crippen molar-refractivity contribution >= 4 is 51.9 Å². The smallest absolute Gasteiger partial charge is 0.0435 e. The number of aryl methyl sites for hydroxylation is 2. The Hall–Kier alpha value is 0.278. The Labute approximate surface area is 159 Å². The van der Waals surface area contributed by atoms with Gasteiger partial charge in [0.15, 0.2) is 0 Å². The third-order valence-electron chi connectivity index (χ3n) is 2.54. The first-order chi connectivity index (χ1) is 9.43. The van der Waals surface area contributed by atoms with Crippen molar-refractivity contribution in [3.05, 3.63) is 58.2 Å². The van der Waals surface area contributed by atoms with Gasteiger partial charge in [-0.3, -0.25) is 0 Å². The molecule has 0 saturated heterocycles. The van der Waals surface area contributed by atoms with Crippen molar-refractivity contribution in [3.63, 3.8) is 0 Å². The van der Waals surface area contributed by atoms with Gasteiger partial charge >= 0.3 is 64.5 Å². The molecule has 0 aliphatic rings. The van der Waals surface area contributed by atoms with Crippen LogP contribution in [0.15, 0.2) is 43.2 Å². The van der Waals surface area contributed by atoms with Crippen LogP contribution in [0.4, 0.5) is 0 Å². The van der Waals surface area contributed by atoms with Crippen molar-refractivity contribution in [2.24, 2.45) is 7.05 Å². The molecule has 0 fully saturated rings. The van der Waals surface area contributed by atoms with Gasteiger partial charge in [0, 0.05) is 52.3 Å². The minimum Gasteiger partial charge on any atom is -0.184 e. The summed E-state index contributed by atoms with van der Waals surface area (Å²) in [5, 5.41) is 0. The number of nitrogens with zero attached hydrogens (tertiary/aromatic N) is 3. The van der Waals surface area contributed by atoms with E-state index in [0.29, 0.717) is 0 Å². The van der Waals surface area contributed by atoms with Crippen LogP contribution in [-0.2, 0) is 32.9 Å². The van der Waals surface area contributed by atoms with Crippen LogP contribution >= 0.6 is 45.7 Å². The van der Waals surface area contributed by atoms with E-state index in [9.17, 15) is 0 Å². The summed E-state index contributed by atoms with van der Waals surface area (Å²) in [6.07, 6.45) is 5.74. The zero-order chi connectivity index (χ0) is 15.1. The summed E-state index contributed by atoms with van der Waals surface area (Å²) >= 11 is 6.79. The van der Waals surface area contributed by atoms with E-state index in [1.54, 1.807) is 6.20 Å². The van der Waals surface area contributed by atoms with Crippen LogP contribution in [0.25, 0.3) is 6.20 Å². The summed E-state index contributed by atoms with van der Waals surface area (Å²) in [7, 11) is 2.00. The standard InChI is InChI=1S/C8H9I2N.C6H8N2.Pt/c1-7-2-4-8(5-3-7)6-11(9)10;1-3-8-5-4-7(2)6-8;/h2-5H,6H2,1H3;3-5H,1H2,2H3;. The molecular weight excluding hydrogens is 659 g/mol. The van der Waals surface area contributed by atoms with Crippen molar-refractivity contribution in [2.45, 2.75) is 13.5 Å². The second-order valence-electron chi connectivity index (χ2n) is 4.19. The molecule has 0 saturated carbocycles. The van der Waals surface area contributed by atoms with Crippen molar-refractivity contribution in [3.8, 4) is 0 Å². The quantitative estimate of drug-likeness (QED) is 0.345. The molecule has 20 heavy (non-hydrogen) atoms. The maximum atomic E-state index is 3.65. The van der Waals surface area contributed by atoms with Crippen molar-refractivity contribution in [2.75, 3.05) is 0 Å². The largest absolute Gasteiger partial charge is 0.184 e. The third-order valence-corrected chi connectivity index (χ3v) is 4.61. The summed E-state index contributed by atoms with van der Waals surface area (Å²) < 4.78 is 7.26. The number of halogens is 2. The average molecular weight is 676 g/mol. The van der Waals surface area contributed by atoms with E-state index in [1.807, 2.05) is 28.6 Å². The molecule has 1 aromatic heterocycles. The van der Waals surface area contributed by atoms with Crippen molar-refractivity contribution in [1.29, 1.82) is 0 Å². The van der Waals surface area contributed by atoms with Crippen LogP contribution in [0, 0.1) is 10.7 Å². The van der Waals surface area contributed by atoms with Gasteiger partial charge in [0.1, 0.15) is 0 Å². The van der Waals surface area contributed by atoms with Crippen LogP contribution in [0.1, 0.15) is 11.1 Å². The maximum Gasteiger partial charge on any atom is 0.0435 e. The molecule has 2 aromatic rings. The Balaban J connectivity index is 0.000000204. The van der Waals surface area contributed by atoms with Crippen LogP contribution in [0.3, 0.4) is 0 Å². The van der Waals surface area contributed by atoms with Gasteiger partial charge in [0.05, 0.1) is 0 Å². The predicted molar refractivity (Wildman–Crippen MR) is 97.8 cm³/mol. The molecule has 0 unspecified atom stereocenters. The van der Waals surface area contributed by atoms with Gasteiger partial charge in [0.2, 0.25) is 0 Å². The molecule has 0 radical (unpaired) electrons. The van der Waals surface area contributed by atoms with E-state index in [1.165, 1.54) is 11.1 Å². The number of aromatic nitrogens is 2. The summed E-state index contributed by atoms with van der Waals surface area (Å²) in [6, 6.07) is 8.62. The molecule has 3 nitrogen and oxygen atoms in total. The fraction of sp³-hybridized carbons (Fsp3) is 0.214. The number of rotatable bonds is 3. The van der Waals surface area contributed by atoms with Crippen molar-refractivity contribution in [1.82, 2.24) is 10.5 Å². The zero-order valence-electron chi connectivity index (χ0n) is 11.4. The second kappa shape index (κ2) is 9.33. The summed E-state index contributed by atoms with van der Waals surface area (Å²) in [6.45, 7) is 6.76. The molecule has 6 heteroatoms. The number of hydrogen-bond donors (Lipinski definition) is 0. The first kappa shape index (κ1) is 18.3. The number of benzene rings is 1. The Morgan fingerprint density at radius 3 is 2.20 bits per heavy atom. The Bertz CT molecular complexity index is 600. The molecule has 0 amide bonds. The third kappa shape index (κ3) is 6.37. The van der Waals surface area contributed by atoms with Crippen LogP contribution < -0.4 is 0 Å². The van der Waals surface area contributed by atoms with E-state index in [0.717, 1.165) is 10.3 Å². The maximum absolute atomic E-state index is 3.65. The van der Waals surface area contributed by atoms with E-state index in [2.05, 4.69) is 104 Å². The molecule has 0 atom stereocenters.